The lowest BCUT2D eigenvalue weighted by Gasteiger charge is -1.87. The van der Waals surface area contributed by atoms with E-state index >= 15 is 0 Å². The molecule has 7 nitrogen and oxygen atoms in total. The summed E-state index contributed by atoms with van der Waals surface area (Å²) in [5, 5.41) is 18.9. The van der Waals surface area contributed by atoms with Crippen LogP contribution in [0.25, 0.3) is 11.5 Å². The van der Waals surface area contributed by atoms with Gasteiger partial charge in [0.15, 0.2) is 11.5 Å². The minimum atomic E-state index is -0.909. The Balaban J connectivity index is 2.08. The Bertz CT molecular complexity index is 453. The van der Waals surface area contributed by atoms with Gasteiger partial charge in [0.1, 0.15) is 6.26 Å². The van der Waals surface area contributed by atoms with Gasteiger partial charge >= 0.3 is 5.97 Å². The summed E-state index contributed by atoms with van der Waals surface area (Å²) in [6.07, 6.45) is 1.42. The lowest BCUT2D eigenvalue weighted by molar-refractivity contribution is -0.133. The number of thioether (sulfide) groups is 1. The second kappa shape index (κ2) is 4.13. The number of carboxylic acids is 1. The van der Waals surface area contributed by atoms with E-state index in [-0.39, 0.29) is 5.75 Å². The van der Waals surface area contributed by atoms with E-state index in [1.165, 1.54) is 6.26 Å². The van der Waals surface area contributed by atoms with Gasteiger partial charge in [0.2, 0.25) is 5.16 Å². The van der Waals surface area contributed by atoms with E-state index in [0.717, 1.165) is 11.8 Å². The van der Waals surface area contributed by atoms with Gasteiger partial charge in [-0.25, -0.2) is 0 Å². The third kappa shape index (κ3) is 2.34. The van der Waals surface area contributed by atoms with Crippen LogP contribution in [0.15, 0.2) is 22.0 Å². The van der Waals surface area contributed by atoms with Gasteiger partial charge in [-0.3, -0.25) is 9.89 Å². The van der Waals surface area contributed by atoms with Crippen molar-refractivity contribution >= 4 is 17.7 Å². The van der Waals surface area contributed by atoms with Crippen molar-refractivity contribution in [2.24, 2.45) is 0 Å². The van der Waals surface area contributed by atoms with Gasteiger partial charge < -0.3 is 9.63 Å². The number of aliphatic carboxylic acids is 1. The maximum absolute atomic E-state index is 10.3. The first-order valence-electron chi connectivity index (χ1n) is 3.93. The number of nitrogens with zero attached hydrogens (tertiary/aromatic N) is 3. The molecule has 2 aromatic rings. The van der Waals surface area contributed by atoms with Gasteiger partial charge in [-0.15, -0.1) is 5.10 Å². The van der Waals surface area contributed by atoms with Gasteiger partial charge in [-0.1, -0.05) is 16.9 Å². The van der Waals surface area contributed by atoms with Crippen LogP contribution in [0.2, 0.25) is 0 Å². The molecule has 0 aliphatic heterocycles. The van der Waals surface area contributed by atoms with Gasteiger partial charge in [0.25, 0.3) is 0 Å². The van der Waals surface area contributed by atoms with E-state index in [0.29, 0.717) is 16.7 Å². The molecule has 0 saturated heterocycles. The Morgan fingerprint density at radius 3 is 3.20 bits per heavy atom. The molecule has 2 rings (SSSR count). The molecule has 0 saturated carbocycles. The highest BCUT2D eigenvalue weighted by Gasteiger charge is 2.09. The van der Waals surface area contributed by atoms with Gasteiger partial charge in [0, 0.05) is 6.07 Å². The summed E-state index contributed by atoms with van der Waals surface area (Å²) < 4.78 is 4.64. The molecule has 0 aliphatic carbocycles. The molecular weight excluding hydrogens is 220 g/mol. The Labute approximate surface area is 87.9 Å². The number of carboxylic acid groups (broad SMARTS) is 1. The molecule has 0 bridgehead atoms. The average molecular weight is 226 g/mol. The molecule has 0 unspecified atom stereocenters. The number of H-pyrrole nitrogens is 1. The zero-order valence-corrected chi connectivity index (χ0v) is 8.19. The summed E-state index contributed by atoms with van der Waals surface area (Å²) in [6.45, 7) is 0. The highest BCUT2D eigenvalue weighted by molar-refractivity contribution is 7.99. The largest absolute Gasteiger partial charge is 0.481 e. The highest BCUT2D eigenvalue weighted by Crippen LogP contribution is 2.17. The van der Waals surface area contributed by atoms with Crippen LogP contribution in [0.3, 0.4) is 0 Å². The van der Waals surface area contributed by atoms with Crippen LogP contribution in [0.4, 0.5) is 0 Å². The quantitative estimate of drug-likeness (QED) is 0.737. The summed E-state index contributed by atoms with van der Waals surface area (Å²) in [6, 6.07) is 1.63. The average Bonchev–Trinajstić information content (AvgIpc) is 2.85. The molecular formula is C7H6N4O3S. The summed E-state index contributed by atoms with van der Waals surface area (Å²) in [5.41, 5.74) is 0.532. The Hall–Kier alpha value is -1.83. The summed E-state index contributed by atoms with van der Waals surface area (Å²) in [5.74, 6) is -0.528. The van der Waals surface area contributed by atoms with Crippen molar-refractivity contribution in [3.8, 4) is 11.5 Å². The number of aromatic amines is 1. The van der Waals surface area contributed by atoms with Crippen LogP contribution in [-0.2, 0) is 4.79 Å². The molecule has 0 aliphatic rings. The SMILES string of the molecule is O=C(O)CSc1n[nH]c(-c2ccon2)n1. The molecule has 0 amide bonds. The number of rotatable bonds is 4. The van der Waals surface area contributed by atoms with E-state index in [1.54, 1.807) is 6.07 Å². The lowest BCUT2D eigenvalue weighted by Crippen LogP contribution is -1.97. The number of hydrogen-bond acceptors (Lipinski definition) is 6. The van der Waals surface area contributed by atoms with Crippen LogP contribution in [0.5, 0.6) is 0 Å². The van der Waals surface area contributed by atoms with Crippen molar-refractivity contribution < 1.29 is 14.4 Å². The van der Waals surface area contributed by atoms with Gasteiger partial charge in [-0.05, 0) is 0 Å². The zero-order valence-electron chi connectivity index (χ0n) is 7.38. The first-order valence-corrected chi connectivity index (χ1v) is 4.92. The van der Waals surface area contributed by atoms with E-state index in [2.05, 4.69) is 24.9 Å². The maximum atomic E-state index is 10.3. The van der Waals surface area contributed by atoms with Crippen molar-refractivity contribution in [3.05, 3.63) is 12.3 Å². The van der Waals surface area contributed by atoms with E-state index in [9.17, 15) is 4.79 Å². The maximum Gasteiger partial charge on any atom is 0.313 e. The summed E-state index contributed by atoms with van der Waals surface area (Å²) >= 11 is 1.04. The fraction of sp³-hybridized carbons (Fsp3) is 0.143. The van der Waals surface area contributed by atoms with Crippen molar-refractivity contribution in [3.63, 3.8) is 0 Å². The Morgan fingerprint density at radius 1 is 1.67 bits per heavy atom. The number of nitrogens with one attached hydrogen (secondary N) is 1. The molecule has 0 spiro atoms. The minimum Gasteiger partial charge on any atom is -0.481 e. The van der Waals surface area contributed by atoms with Crippen LogP contribution in [0.1, 0.15) is 0 Å². The third-order valence-corrected chi connectivity index (χ3v) is 2.30. The van der Waals surface area contributed by atoms with E-state index in [4.69, 9.17) is 5.11 Å². The summed E-state index contributed by atoms with van der Waals surface area (Å²) in [4.78, 5) is 14.3. The lowest BCUT2D eigenvalue weighted by atomic mass is 10.4. The molecule has 2 aromatic heterocycles. The molecule has 15 heavy (non-hydrogen) atoms. The first kappa shape index (κ1) is 9.71. The van der Waals surface area contributed by atoms with Crippen molar-refractivity contribution in [2.45, 2.75) is 5.16 Å². The van der Waals surface area contributed by atoms with Crippen LogP contribution >= 0.6 is 11.8 Å². The molecule has 8 heteroatoms. The molecule has 0 aromatic carbocycles. The first-order chi connectivity index (χ1) is 7.25. The number of carbonyl (C=O) groups is 1. The normalized spacial score (nSPS) is 10.4. The van der Waals surface area contributed by atoms with Crippen LogP contribution in [-0.4, -0.2) is 37.2 Å². The third-order valence-electron chi connectivity index (χ3n) is 1.47. The predicted octanol–water partition coefficient (Wildman–Crippen LogP) is 0.636. The van der Waals surface area contributed by atoms with E-state index in [1.807, 2.05) is 0 Å². The zero-order chi connectivity index (χ0) is 10.7. The molecule has 2 N–H and O–H groups in total. The Kier molecular flexibility index (Phi) is 2.68. The minimum absolute atomic E-state index is 0.0733. The predicted molar refractivity (Wildman–Crippen MR) is 50.2 cm³/mol. The van der Waals surface area contributed by atoms with Crippen molar-refractivity contribution in [1.29, 1.82) is 0 Å². The summed E-state index contributed by atoms with van der Waals surface area (Å²) in [7, 11) is 0. The molecule has 78 valence electrons. The number of hydrogen-bond donors (Lipinski definition) is 2. The second-order valence-electron chi connectivity index (χ2n) is 2.53. The fourth-order valence-corrected chi connectivity index (χ4v) is 1.41. The molecule has 0 fully saturated rings. The monoisotopic (exact) mass is 226 g/mol. The second-order valence-corrected chi connectivity index (χ2v) is 3.48. The van der Waals surface area contributed by atoms with Crippen LogP contribution < -0.4 is 0 Å². The molecule has 0 radical (unpaired) electrons. The van der Waals surface area contributed by atoms with Crippen molar-refractivity contribution in [2.75, 3.05) is 5.75 Å². The smallest absolute Gasteiger partial charge is 0.313 e. The molecule has 0 atom stereocenters. The van der Waals surface area contributed by atoms with Crippen LogP contribution in [0, 0.1) is 0 Å². The molecule has 2 heterocycles. The van der Waals surface area contributed by atoms with E-state index < -0.39 is 5.97 Å². The highest BCUT2D eigenvalue weighted by atomic mass is 32.2. The fourth-order valence-electron chi connectivity index (χ4n) is 0.886. The van der Waals surface area contributed by atoms with Gasteiger partial charge in [-0.2, -0.15) is 4.98 Å². The van der Waals surface area contributed by atoms with Gasteiger partial charge in [0.05, 0.1) is 5.75 Å². The standard InChI is InChI=1S/C7H6N4O3S/c12-5(13)3-15-7-8-6(9-10-7)4-1-2-14-11-4/h1-2H,3H2,(H,12,13)(H,8,9,10). The Morgan fingerprint density at radius 2 is 2.53 bits per heavy atom. The van der Waals surface area contributed by atoms with Crippen molar-refractivity contribution in [1.82, 2.24) is 20.3 Å². The number of aromatic nitrogens is 4. The topological polar surface area (TPSA) is 105 Å².